The summed E-state index contributed by atoms with van der Waals surface area (Å²) >= 11 is -1.54. The van der Waals surface area contributed by atoms with E-state index in [0.29, 0.717) is 17.2 Å². The van der Waals surface area contributed by atoms with Crippen molar-refractivity contribution in [3.8, 4) is 0 Å². The van der Waals surface area contributed by atoms with E-state index in [1.807, 2.05) is 26.0 Å². The molecule has 3 N–H and O–H groups in total. The molecule has 0 aliphatic rings. The Bertz CT molecular complexity index is 434. The van der Waals surface area contributed by atoms with Crippen LogP contribution in [-0.2, 0) is 22.6 Å². The molecule has 0 aliphatic heterocycles. The zero-order chi connectivity index (χ0) is 15.8. The molecule has 0 aliphatic carbocycles. The van der Waals surface area contributed by atoms with Crippen LogP contribution >= 0.6 is 0 Å². The molecule has 2 atom stereocenters. The number of hydrogen-bond donors (Lipinski definition) is 2. The minimum Gasteiger partial charge on any atom is -0.588 e. The van der Waals surface area contributed by atoms with Gasteiger partial charge in [0.1, 0.15) is 11.4 Å². The Labute approximate surface area is 130 Å². The second-order valence-corrected chi connectivity index (χ2v) is 6.93. The molecule has 0 spiro atoms. The van der Waals surface area contributed by atoms with E-state index in [4.69, 9.17) is 5.73 Å². The van der Waals surface area contributed by atoms with Crippen molar-refractivity contribution < 1.29 is 9.35 Å². The number of nitrogens with two attached hydrogens (primary N) is 1. The molecule has 0 heterocycles. The molecule has 4 nitrogen and oxygen atoms in total. The Hall–Kier alpha value is -1.04. The standard InChI is InChI=1S/C16H26N2O2S/c1-4-5-6-13-7-9-14(10-8-13)21(20)18-16(19)15(17)11-12(2)3/h7-10,12,15H,4-6,11,17H2,1-3H3,(H,18,19). The van der Waals surface area contributed by atoms with Crippen LogP contribution in [0.25, 0.3) is 0 Å². The number of aryl methyl sites for hydroxylation is 1. The first-order valence-corrected chi connectivity index (χ1v) is 8.65. The summed E-state index contributed by atoms with van der Waals surface area (Å²) in [5.41, 5.74) is 7.00. The number of amides is 1. The van der Waals surface area contributed by atoms with E-state index >= 15 is 0 Å². The van der Waals surface area contributed by atoms with E-state index in [1.165, 1.54) is 5.56 Å². The fourth-order valence-corrected chi connectivity index (χ4v) is 2.84. The maximum absolute atomic E-state index is 12.1. The number of benzene rings is 1. The second kappa shape index (κ2) is 9.07. The van der Waals surface area contributed by atoms with E-state index < -0.39 is 17.4 Å². The molecule has 1 rings (SSSR count). The van der Waals surface area contributed by atoms with Gasteiger partial charge in [-0.1, -0.05) is 39.3 Å². The SMILES string of the molecule is CCCCc1ccc([S+]([O-])NC(=O)C(N)CC(C)C)cc1. The molecule has 2 unspecified atom stereocenters. The Balaban J connectivity index is 2.54. The van der Waals surface area contributed by atoms with Crippen molar-refractivity contribution in [3.05, 3.63) is 29.8 Å². The average Bonchev–Trinajstić information content (AvgIpc) is 2.44. The van der Waals surface area contributed by atoms with Gasteiger partial charge in [0.25, 0.3) is 5.91 Å². The number of rotatable bonds is 8. The first kappa shape index (κ1) is 18.0. The van der Waals surface area contributed by atoms with E-state index in [0.717, 1.165) is 19.3 Å². The van der Waals surface area contributed by atoms with Crippen LogP contribution in [0.15, 0.2) is 29.2 Å². The summed E-state index contributed by atoms with van der Waals surface area (Å²) in [5.74, 6) is -0.0332. The van der Waals surface area contributed by atoms with Crippen LogP contribution in [0.3, 0.4) is 0 Å². The zero-order valence-corrected chi connectivity index (χ0v) is 13.9. The van der Waals surface area contributed by atoms with Gasteiger partial charge in [-0.25, -0.2) is 0 Å². The summed E-state index contributed by atoms with van der Waals surface area (Å²) in [7, 11) is 0. The van der Waals surface area contributed by atoms with Crippen molar-refractivity contribution in [2.45, 2.75) is 57.4 Å². The first-order chi connectivity index (χ1) is 9.93. The quantitative estimate of drug-likeness (QED) is 0.724. The Morgan fingerprint density at radius 3 is 2.48 bits per heavy atom. The molecule has 0 bridgehead atoms. The topological polar surface area (TPSA) is 78.2 Å². The van der Waals surface area contributed by atoms with Crippen LogP contribution in [0, 0.1) is 5.92 Å². The Morgan fingerprint density at radius 1 is 1.33 bits per heavy atom. The molecular formula is C16H26N2O2S. The van der Waals surface area contributed by atoms with Crippen LogP contribution in [0.4, 0.5) is 0 Å². The van der Waals surface area contributed by atoms with Crippen LogP contribution < -0.4 is 10.5 Å². The summed E-state index contributed by atoms with van der Waals surface area (Å²) in [6.07, 6.45) is 3.90. The molecule has 1 aromatic carbocycles. The molecule has 0 radical (unpaired) electrons. The van der Waals surface area contributed by atoms with Gasteiger partial charge >= 0.3 is 0 Å². The predicted molar refractivity (Wildman–Crippen MR) is 87.0 cm³/mol. The maximum atomic E-state index is 12.1. The van der Waals surface area contributed by atoms with Gasteiger partial charge in [0, 0.05) is 0 Å². The third-order valence-corrected chi connectivity index (χ3v) is 4.30. The lowest BCUT2D eigenvalue weighted by Crippen LogP contribution is -2.43. The van der Waals surface area contributed by atoms with Gasteiger partial charge in [-0.15, -0.1) is 0 Å². The smallest absolute Gasteiger partial charge is 0.278 e. The molecule has 0 saturated carbocycles. The average molecular weight is 310 g/mol. The molecule has 0 fully saturated rings. The van der Waals surface area contributed by atoms with Crippen molar-refractivity contribution in [2.75, 3.05) is 0 Å². The number of unbranched alkanes of at least 4 members (excludes halogenated alkanes) is 1. The molecule has 118 valence electrons. The maximum Gasteiger partial charge on any atom is 0.278 e. The highest BCUT2D eigenvalue weighted by Crippen LogP contribution is 2.13. The Morgan fingerprint density at radius 2 is 1.95 bits per heavy atom. The lowest BCUT2D eigenvalue weighted by Gasteiger charge is -2.15. The van der Waals surface area contributed by atoms with E-state index in [-0.39, 0.29) is 5.91 Å². The first-order valence-electron chi connectivity index (χ1n) is 7.50. The molecule has 0 saturated heterocycles. The van der Waals surface area contributed by atoms with Crippen molar-refractivity contribution in [3.63, 3.8) is 0 Å². The summed E-state index contributed by atoms with van der Waals surface area (Å²) in [6, 6.07) is 6.91. The monoisotopic (exact) mass is 310 g/mol. The predicted octanol–water partition coefficient (Wildman–Crippen LogP) is 2.54. The van der Waals surface area contributed by atoms with Crippen LogP contribution in [0.1, 0.15) is 45.6 Å². The van der Waals surface area contributed by atoms with Gasteiger partial charge in [0.2, 0.25) is 0 Å². The zero-order valence-electron chi connectivity index (χ0n) is 13.1. The van der Waals surface area contributed by atoms with Gasteiger partial charge < -0.3 is 10.3 Å². The lowest BCUT2D eigenvalue weighted by atomic mass is 10.0. The van der Waals surface area contributed by atoms with Gasteiger partial charge in [-0.3, -0.25) is 4.79 Å². The highest BCUT2D eigenvalue weighted by molar-refractivity contribution is 7.90. The fourth-order valence-electron chi connectivity index (χ4n) is 2.00. The number of nitrogens with one attached hydrogen (secondary N) is 1. The van der Waals surface area contributed by atoms with Gasteiger partial charge in [0.15, 0.2) is 4.90 Å². The molecule has 1 amide bonds. The number of hydrogen-bond acceptors (Lipinski definition) is 3. The van der Waals surface area contributed by atoms with Crippen molar-refractivity contribution in [2.24, 2.45) is 11.7 Å². The largest absolute Gasteiger partial charge is 0.588 e. The minimum atomic E-state index is -1.54. The second-order valence-electron chi connectivity index (χ2n) is 5.72. The lowest BCUT2D eigenvalue weighted by molar-refractivity contribution is -0.120. The van der Waals surface area contributed by atoms with E-state index in [1.54, 1.807) is 12.1 Å². The van der Waals surface area contributed by atoms with Gasteiger partial charge in [-0.05, 0) is 42.9 Å². The van der Waals surface area contributed by atoms with Crippen LogP contribution in [0.2, 0.25) is 0 Å². The third-order valence-electron chi connectivity index (χ3n) is 3.21. The molecule has 0 aromatic heterocycles. The summed E-state index contributed by atoms with van der Waals surface area (Å²) in [6.45, 7) is 6.15. The van der Waals surface area contributed by atoms with Crippen molar-refractivity contribution in [1.29, 1.82) is 0 Å². The molecule has 5 heteroatoms. The summed E-state index contributed by atoms with van der Waals surface area (Å²) in [5, 5.41) is 0. The molecular weight excluding hydrogens is 284 g/mol. The normalized spacial score (nSPS) is 14.0. The Kier molecular flexibility index (Phi) is 7.78. The van der Waals surface area contributed by atoms with E-state index in [2.05, 4.69) is 11.6 Å². The van der Waals surface area contributed by atoms with Crippen LogP contribution in [0.5, 0.6) is 0 Å². The number of carbonyl (C=O) groups excluding carboxylic acids is 1. The van der Waals surface area contributed by atoms with E-state index in [9.17, 15) is 9.35 Å². The summed E-state index contributed by atoms with van der Waals surface area (Å²) < 4.78 is 14.6. The van der Waals surface area contributed by atoms with Crippen LogP contribution in [-0.4, -0.2) is 16.5 Å². The minimum absolute atomic E-state index is 0.331. The fraction of sp³-hybridized carbons (Fsp3) is 0.562. The van der Waals surface area contributed by atoms with Gasteiger partial charge in [-0.2, -0.15) is 4.72 Å². The summed E-state index contributed by atoms with van der Waals surface area (Å²) in [4.78, 5) is 12.4. The third kappa shape index (κ3) is 6.50. The molecule has 1 aromatic rings. The number of carbonyl (C=O) groups is 1. The van der Waals surface area contributed by atoms with Gasteiger partial charge in [0.05, 0.1) is 6.04 Å². The van der Waals surface area contributed by atoms with Crippen molar-refractivity contribution in [1.82, 2.24) is 4.72 Å². The van der Waals surface area contributed by atoms with Crippen molar-refractivity contribution >= 4 is 17.3 Å². The highest BCUT2D eigenvalue weighted by atomic mass is 32.2. The highest BCUT2D eigenvalue weighted by Gasteiger charge is 2.21. The molecule has 21 heavy (non-hydrogen) atoms.